The molecule has 1 saturated carbocycles. The number of imide groups is 1. The molecular weight excluding hydrogens is 292 g/mol. The molecule has 1 N–H and O–H groups in total. The van der Waals surface area contributed by atoms with Crippen molar-refractivity contribution in [3.63, 3.8) is 0 Å². The van der Waals surface area contributed by atoms with Gasteiger partial charge in [0.2, 0.25) is 17.7 Å². The number of amides is 3. The van der Waals surface area contributed by atoms with E-state index in [2.05, 4.69) is 12.2 Å². The largest absolute Gasteiger partial charge is 0.333 e. The van der Waals surface area contributed by atoms with E-state index in [1.807, 2.05) is 27.7 Å². The predicted octanol–water partition coefficient (Wildman–Crippen LogP) is 3.13. The van der Waals surface area contributed by atoms with Crippen LogP contribution in [0, 0.1) is 11.8 Å². The Labute approximate surface area is 141 Å². The Hall–Kier alpha value is -1.39. The van der Waals surface area contributed by atoms with Gasteiger partial charge >= 0.3 is 0 Å². The third-order valence-corrected chi connectivity index (χ3v) is 4.16. The number of likely N-dealkylation sites (tertiary alicyclic amines) is 1. The summed E-state index contributed by atoms with van der Waals surface area (Å²) in [6.45, 7) is 10.8. The van der Waals surface area contributed by atoms with E-state index in [1.54, 1.807) is 0 Å². The van der Waals surface area contributed by atoms with Crippen molar-refractivity contribution in [2.75, 3.05) is 13.1 Å². The molecule has 0 unspecified atom stereocenters. The molecule has 5 heteroatoms. The molecule has 0 atom stereocenters. The van der Waals surface area contributed by atoms with Crippen LogP contribution in [0.2, 0.25) is 0 Å². The molecule has 1 heterocycles. The first-order valence-electron chi connectivity index (χ1n) is 9.17. The zero-order valence-electron chi connectivity index (χ0n) is 15.5. The lowest BCUT2D eigenvalue weighted by Gasteiger charge is -2.25. The Balaban J connectivity index is 0.00000112. The maximum atomic E-state index is 11.9. The zero-order chi connectivity index (χ0) is 17.8. The summed E-state index contributed by atoms with van der Waals surface area (Å²) in [6.07, 6.45) is 5.15. The third-order valence-electron chi connectivity index (χ3n) is 4.16. The average molecular weight is 326 g/mol. The fraction of sp³-hybridized carbons (Fsp3) is 0.833. The first-order valence-corrected chi connectivity index (χ1v) is 9.17. The van der Waals surface area contributed by atoms with Crippen molar-refractivity contribution in [1.29, 1.82) is 0 Å². The summed E-state index contributed by atoms with van der Waals surface area (Å²) in [5.74, 6) is 0.146. The number of carbonyl (C=O) groups is 3. The summed E-state index contributed by atoms with van der Waals surface area (Å²) >= 11 is 0. The maximum Gasteiger partial charge on any atom is 0.246 e. The second-order valence-electron chi connectivity index (χ2n) is 5.79. The van der Waals surface area contributed by atoms with Crippen LogP contribution in [-0.2, 0) is 14.4 Å². The van der Waals surface area contributed by atoms with E-state index in [0.717, 1.165) is 32.1 Å². The Morgan fingerprint density at radius 2 is 1.65 bits per heavy atom. The monoisotopic (exact) mass is 326 g/mol. The molecule has 5 nitrogen and oxygen atoms in total. The molecule has 0 bridgehead atoms. The molecule has 134 valence electrons. The zero-order valence-corrected chi connectivity index (χ0v) is 15.5. The van der Waals surface area contributed by atoms with Gasteiger partial charge in [-0.15, -0.1) is 0 Å². The first-order chi connectivity index (χ1) is 11.1. The van der Waals surface area contributed by atoms with E-state index in [1.165, 1.54) is 4.90 Å². The van der Waals surface area contributed by atoms with Crippen LogP contribution in [0.25, 0.3) is 0 Å². The topological polar surface area (TPSA) is 66.5 Å². The van der Waals surface area contributed by atoms with Gasteiger partial charge in [-0.1, -0.05) is 34.6 Å². The van der Waals surface area contributed by atoms with E-state index in [0.29, 0.717) is 18.9 Å². The van der Waals surface area contributed by atoms with Crippen LogP contribution < -0.4 is 5.32 Å². The molecule has 23 heavy (non-hydrogen) atoms. The van der Waals surface area contributed by atoms with Crippen LogP contribution in [0.1, 0.15) is 73.1 Å². The minimum atomic E-state index is -0.348. The molecule has 0 aromatic carbocycles. The van der Waals surface area contributed by atoms with Crippen molar-refractivity contribution in [3.05, 3.63) is 0 Å². The Kier molecular flexibility index (Phi) is 11.4. The van der Waals surface area contributed by atoms with Gasteiger partial charge in [0.05, 0.1) is 6.54 Å². The summed E-state index contributed by atoms with van der Waals surface area (Å²) in [4.78, 5) is 36.6. The highest BCUT2D eigenvalue weighted by molar-refractivity contribution is 5.98. The van der Waals surface area contributed by atoms with E-state index in [-0.39, 0.29) is 30.2 Å². The van der Waals surface area contributed by atoms with Gasteiger partial charge in [0, 0.05) is 18.9 Å². The van der Waals surface area contributed by atoms with Crippen LogP contribution in [0.3, 0.4) is 0 Å². The quantitative estimate of drug-likeness (QED) is 0.866. The van der Waals surface area contributed by atoms with Gasteiger partial charge in [0.15, 0.2) is 0 Å². The fourth-order valence-corrected chi connectivity index (χ4v) is 2.85. The smallest absolute Gasteiger partial charge is 0.246 e. The molecule has 2 fully saturated rings. The normalized spacial score (nSPS) is 23.2. The second-order valence-corrected chi connectivity index (χ2v) is 5.79. The van der Waals surface area contributed by atoms with Crippen LogP contribution in [-0.4, -0.2) is 35.7 Å². The van der Waals surface area contributed by atoms with Crippen LogP contribution >= 0.6 is 0 Å². The molecule has 1 aliphatic carbocycles. The third kappa shape index (κ3) is 7.62. The minimum absolute atomic E-state index is 0.00842. The van der Waals surface area contributed by atoms with Crippen LogP contribution in [0.15, 0.2) is 0 Å². The number of nitrogens with one attached hydrogen (secondary N) is 1. The number of carbonyl (C=O) groups excluding carboxylic acids is 3. The number of rotatable bonds is 3. The minimum Gasteiger partial charge on any atom is -0.333 e. The SMILES string of the molecule is CC.CC.CC1CCC(C(=O)NC(=O)CN2CCCC2=O)CC1. The summed E-state index contributed by atoms with van der Waals surface area (Å²) in [7, 11) is 0. The molecule has 2 aliphatic rings. The standard InChI is InChI=1S/C14H22N2O3.2C2H6/c1-10-4-6-11(7-5-10)14(19)15-12(17)9-16-8-2-3-13(16)18;2*1-2/h10-11H,2-9H2,1H3,(H,15,17,19);2*1-2H3. The van der Waals surface area contributed by atoms with Crippen molar-refractivity contribution < 1.29 is 14.4 Å². The van der Waals surface area contributed by atoms with Crippen molar-refractivity contribution in [2.45, 2.75) is 73.1 Å². The highest BCUT2D eigenvalue weighted by Crippen LogP contribution is 2.28. The fourth-order valence-electron chi connectivity index (χ4n) is 2.85. The number of nitrogens with zero attached hydrogens (tertiary/aromatic N) is 1. The first kappa shape index (κ1) is 21.6. The maximum absolute atomic E-state index is 11.9. The van der Waals surface area contributed by atoms with E-state index in [4.69, 9.17) is 0 Å². The molecule has 0 radical (unpaired) electrons. The van der Waals surface area contributed by atoms with Gasteiger partial charge in [-0.05, 0) is 38.0 Å². The predicted molar refractivity (Wildman–Crippen MR) is 92.8 cm³/mol. The highest BCUT2D eigenvalue weighted by atomic mass is 16.2. The van der Waals surface area contributed by atoms with Crippen LogP contribution in [0.5, 0.6) is 0 Å². The summed E-state index contributed by atoms with van der Waals surface area (Å²) in [6, 6.07) is 0. The molecule has 0 aromatic heterocycles. The summed E-state index contributed by atoms with van der Waals surface area (Å²) < 4.78 is 0. The number of hydrogen-bond donors (Lipinski definition) is 1. The Morgan fingerprint density at radius 1 is 1.09 bits per heavy atom. The molecular formula is C18H34N2O3. The molecule has 1 aliphatic heterocycles. The van der Waals surface area contributed by atoms with E-state index >= 15 is 0 Å². The van der Waals surface area contributed by atoms with Crippen LogP contribution in [0.4, 0.5) is 0 Å². The molecule has 3 amide bonds. The van der Waals surface area contributed by atoms with Gasteiger partial charge < -0.3 is 4.90 Å². The Bertz CT molecular complexity index is 374. The van der Waals surface area contributed by atoms with Gasteiger partial charge in [-0.25, -0.2) is 0 Å². The van der Waals surface area contributed by atoms with Gasteiger partial charge in [-0.2, -0.15) is 0 Å². The molecule has 0 spiro atoms. The Morgan fingerprint density at radius 3 is 2.13 bits per heavy atom. The van der Waals surface area contributed by atoms with E-state index in [9.17, 15) is 14.4 Å². The summed E-state index contributed by atoms with van der Waals surface area (Å²) in [5.41, 5.74) is 0. The lowest BCUT2D eigenvalue weighted by atomic mass is 9.82. The van der Waals surface area contributed by atoms with Crippen molar-refractivity contribution in [2.24, 2.45) is 11.8 Å². The van der Waals surface area contributed by atoms with Gasteiger partial charge in [-0.3, -0.25) is 19.7 Å². The van der Waals surface area contributed by atoms with Crippen molar-refractivity contribution in [1.82, 2.24) is 10.2 Å². The summed E-state index contributed by atoms with van der Waals surface area (Å²) in [5, 5.41) is 2.44. The lowest BCUT2D eigenvalue weighted by Crippen LogP contribution is -2.43. The van der Waals surface area contributed by atoms with Crippen molar-refractivity contribution in [3.8, 4) is 0 Å². The second kappa shape index (κ2) is 12.1. The van der Waals surface area contributed by atoms with Crippen molar-refractivity contribution >= 4 is 17.7 Å². The average Bonchev–Trinajstić information content (AvgIpc) is 2.96. The number of hydrogen-bond acceptors (Lipinski definition) is 3. The lowest BCUT2D eigenvalue weighted by molar-refractivity contribution is -0.137. The molecule has 1 saturated heterocycles. The molecule has 2 rings (SSSR count). The van der Waals surface area contributed by atoms with Gasteiger partial charge in [0.25, 0.3) is 0 Å². The highest BCUT2D eigenvalue weighted by Gasteiger charge is 2.27. The van der Waals surface area contributed by atoms with Gasteiger partial charge in [0.1, 0.15) is 0 Å². The van der Waals surface area contributed by atoms with E-state index < -0.39 is 0 Å². The molecule has 0 aromatic rings.